The number of methoxy groups -OCH3 is 2. The number of carbonyl (C=O) groups is 1. The highest BCUT2D eigenvalue weighted by Crippen LogP contribution is 2.36. The maximum atomic E-state index is 13.7. The predicted octanol–water partition coefficient (Wildman–Crippen LogP) is 4.17. The average Bonchev–Trinajstić information content (AvgIpc) is 2.95. The summed E-state index contributed by atoms with van der Waals surface area (Å²) >= 11 is 0. The SMILES string of the molecule is C/C=C/c1cc(C(=O)N2CCCN(C)c3nc4ccccc4nc32)cc(OC)c1OC. The van der Waals surface area contributed by atoms with Crippen LogP contribution >= 0.6 is 0 Å². The number of nitrogens with zero attached hydrogens (tertiary/aromatic N) is 4. The summed E-state index contributed by atoms with van der Waals surface area (Å²) in [7, 11) is 5.14. The number of allylic oxidation sites excluding steroid dienone is 1. The number of benzene rings is 2. The molecule has 1 aliphatic heterocycles. The minimum Gasteiger partial charge on any atom is -0.493 e. The van der Waals surface area contributed by atoms with Gasteiger partial charge in [0.25, 0.3) is 5.91 Å². The van der Waals surface area contributed by atoms with Crippen LogP contribution in [0.15, 0.2) is 42.5 Å². The van der Waals surface area contributed by atoms with Crippen molar-refractivity contribution in [3.05, 3.63) is 53.6 Å². The van der Waals surface area contributed by atoms with Crippen LogP contribution in [-0.4, -0.2) is 50.2 Å². The Morgan fingerprint density at radius 1 is 1.03 bits per heavy atom. The maximum Gasteiger partial charge on any atom is 0.259 e. The van der Waals surface area contributed by atoms with Crippen molar-refractivity contribution < 1.29 is 14.3 Å². The van der Waals surface area contributed by atoms with Crippen molar-refractivity contribution >= 4 is 34.7 Å². The first-order chi connectivity index (χ1) is 15.1. The lowest BCUT2D eigenvalue weighted by atomic mass is 10.1. The Balaban J connectivity index is 1.85. The van der Waals surface area contributed by atoms with E-state index < -0.39 is 0 Å². The molecule has 2 aromatic carbocycles. The van der Waals surface area contributed by atoms with E-state index >= 15 is 0 Å². The van der Waals surface area contributed by atoms with E-state index in [9.17, 15) is 4.79 Å². The van der Waals surface area contributed by atoms with Crippen molar-refractivity contribution in [2.45, 2.75) is 13.3 Å². The second kappa shape index (κ2) is 8.63. The largest absolute Gasteiger partial charge is 0.493 e. The fraction of sp³-hybridized carbons (Fsp3) is 0.292. The second-order valence-corrected chi connectivity index (χ2v) is 7.39. The third-order valence-electron chi connectivity index (χ3n) is 5.37. The Hall–Kier alpha value is -3.61. The molecule has 0 N–H and O–H groups in total. The minimum atomic E-state index is -0.146. The van der Waals surface area contributed by atoms with Gasteiger partial charge in [0.15, 0.2) is 23.1 Å². The van der Waals surface area contributed by atoms with Gasteiger partial charge < -0.3 is 14.4 Å². The minimum absolute atomic E-state index is 0.146. The number of aromatic nitrogens is 2. The highest BCUT2D eigenvalue weighted by molar-refractivity contribution is 6.08. The number of fused-ring (bicyclic) bond motifs is 2. The van der Waals surface area contributed by atoms with E-state index in [-0.39, 0.29) is 5.91 Å². The summed E-state index contributed by atoms with van der Waals surface area (Å²) in [6.45, 7) is 3.26. The zero-order valence-corrected chi connectivity index (χ0v) is 18.3. The summed E-state index contributed by atoms with van der Waals surface area (Å²) in [6.07, 6.45) is 4.61. The maximum absolute atomic E-state index is 13.7. The van der Waals surface area contributed by atoms with Crippen LogP contribution in [0, 0.1) is 0 Å². The van der Waals surface area contributed by atoms with Crippen LogP contribution in [0.4, 0.5) is 11.6 Å². The Morgan fingerprint density at radius 2 is 1.74 bits per heavy atom. The first kappa shape index (κ1) is 20.7. The van der Waals surface area contributed by atoms with E-state index in [1.165, 1.54) is 0 Å². The molecule has 1 aliphatic rings. The molecular weight excluding hydrogens is 392 g/mol. The van der Waals surface area contributed by atoms with Crippen LogP contribution in [0.5, 0.6) is 11.5 Å². The number of amides is 1. The molecule has 0 saturated carbocycles. The van der Waals surface area contributed by atoms with E-state index in [2.05, 4.69) is 4.90 Å². The van der Waals surface area contributed by atoms with Gasteiger partial charge in [-0.3, -0.25) is 9.69 Å². The molecule has 0 spiro atoms. The van der Waals surface area contributed by atoms with Crippen molar-refractivity contribution in [1.29, 1.82) is 0 Å². The molecule has 0 unspecified atom stereocenters. The Bertz CT molecular complexity index is 1160. The van der Waals surface area contributed by atoms with Gasteiger partial charge in [0.1, 0.15) is 0 Å². The first-order valence-electron chi connectivity index (χ1n) is 10.3. The smallest absolute Gasteiger partial charge is 0.259 e. The van der Waals surface area contributed by atoms with Crippen LogP contribution in [-0.2, 0) is 0 Å². The Labute approximate surface area is 181 Å². The van der Waals surface area contributed by atoms with E-state index in [4.69, 9.17) is 19.4 Å². The van der Waals surface area contributed by atoms with Crippen molar-refractivity contribution in [3.8, 4) is 11.5 Å². The molecule has 3 aromatic rings. The molecule has 160 valence electrons. The van der Waals surface area contributed by atoms with Crippen molar-refractivity contribution in [2.24, 2.45) is 0 Å². The summed E-state index contributed by atoms with van der Waals surface area (Å²) < 4.78 is 11.0. The molecule has 0 aliphatic carbocycles. The molecule has 0 fully saturated rings. The molecule has 0 bridgehead atoms. The lowest BCUT2D eigenvalue weighted by Crippen LogP contribution is -2.32. The van der Waals surface area contributed by atoms with E-state index in [1.807, 2.05) is 56.5 Å². The molecule has 1 aromatic heterocycles. The first-order valence-corrected chi connectivity index (χ1v) is 10.3. The highest BCUT2D eigenvalue weighted by Gasteiger charge is 2.28. The predicted molar refractivity (Wildman–Crippen MR) is 123 cm³/mol. The Morgan fingerprint density at radius 3 is 2.39 bits per heavy atom. The van der Waals surface area contributed by atoms with Gasteiger partial charge >= 0.3 is 0 Å². The van der Waals surface area contributed by atoms with Crippen LogP contribution in [0.3, 0.4) is 0 Å². The van der Waals surface area contributed by atoms with Gasteiger partial charge in [-0.05, 0) is 37.6 Å². The topological polar surface area (TPSA) is 67.8 Å². The molecule has 4 rings (SSSR count). The number of ether oxygens (including phenoxy) is 2. The van der Waals surface area contributed by atoms with Crippen molar-refractivity contribution in [1.82, 2.24) is 9.97 Å². The van der Waals surface area contributed by atoms with Gasteiger partial charge in [-0.2, -0.15) is 0 Å². The molecular formula is C24H26N4O3. The third-order valence-corrected chi connectivity index (χ3v) is 5.37. The number of hydrogen-bond donors (Lipinski definition) is 0. The molecule has 1 amide bonds. The number of hydrogen-bond acceptors (Lipinski definition) is 6. The van der Waals surface area contributed by atoms with Gasteiger partial charge in [0.05, 0.1) is 25.3 Å². The van der Waals surface area contributed by atoms with Crippen LogP contribution in [0.2, 0.25) is 0 Å². The van der Waals surface area contributed by atoms with Gasteiger partial charge in [-0.25, -0.2) is 9.97 Å². The molecule has 7 nitrogen and oxygen atoms in total. The fourth-order valence-electron chi connectivity index (χ4n) is 3.87. The monoisotopic (exact) mass is 418 g/mol. The van der Waals surface area contributed by atoms with Crippen LogP contribution in [0.1, 0.15) is 29.3 Å². The normalized spacial score (nSPS) is 13.9. The zero-order chi connectivity index (χ0) is 22.0. The summed E-state index contributed by atoms with van der Waals surface area (Å²) in [5, 5.41) is 0. The van der Waals surface area contributed by atoms with Gasteiger partial charge in [-0.15, -0.1) is 0 Å². The fourth-order valence-corrected chi connectivity index (χ4v) is 3.87. The van der Waals surface area contributed by atoms with Crippen LogP contribution < -0.4 is 19.3 Å². The number of anilines is 2. The summed E-state index contributed by atoms with van der Waals surface area (Å²) in [5.41, 5.74) is 2.86. The van der Waals surface area contributed by atoms with Gasteiger partial charge in [-0.1, -0.05) is 24.3 Å². The molecule has 31 heavy (non-hydrogen) atoms. The number of carbonyl (C=O) groups excluding carboxylic acids is 1. The molecule has 7 heteroatoms. The quantitative estimate of drug-likeness (QED) is 0.634. The zero-order valence-electron chi connectivity index (χ0n) is 18.3. The number of rotatable bonds is 4. The standard InChI is InChI=1S/C24H26N4O3/c1-5-9-16-14-17(15-20(30-3)21(16)31-4)24(29)28-13-8-12-27(2)22-23(28)26-19-11-7-6-10-18(19)25-22/h5-7,9-11,14-15H,8,12-13H2,1-4H3/b9-5+. The highest BCUT2D eigenvalue weighted by atomic mass is 16.5. The molecule has 2 heterocycles. The lowest BCUT2D eigenvalue weighted by Gasteiger charge is -2.23. The van der Waals surface area contributed by atoms with Crippen LogP contribution in [0.25, 0.3) is 17.1 Å². The summed E-state index contributed by atoms with van der Waals surface area (Å²) in [4.78, 5) is 27.1. The molecule has 0 radical (unpaired) electrons. The van der Waals surface area contributed by atoms with Crippen molar-refractivity contribution in [2.75, 3.05) is 44.2 Å². The summed E-state index contributed by atoms with van der Waals surface area (Å²) in [6, 6.07) is 11.3. The second-order valence-electron chi connectivity index (χ2n) is 7.39. The van der Waals surface area contributed by atoms with E-state index in [0.717, 1.165) is 29.6 Å². The van der Waals surface area contributed by atoms with Gasteiger partial charge in [0.2, 0.25) is 0 Å². The number of para-hydroxylation sites is 2. The third kappa shape index (κ3) is 3.79. The van der Waals surface area contributed by atoms with E-state index in [1.54, 1.807) is 25.2 Å². The lowest BCUT2D eigenvalue weighted by molar-refractivity contribution is 0.0986. The summed E-state index contributed by atoms with van der Waals surface area (Å²) in [5.74, 6) is 2.25. The van der Waals surface area contributed by atoms with Gasteiger partial charge in [0, 0.05) is 31.3 Å². The Kier molecular flexibility index (Phi) is 5.75. The van der Waals surface area contributed by atoms with E-state index in [0.29, 0.717) is 35.2 Å². The van der Waals surface area contributed by atoms with Crippen molar-refractivity contribution in [3.63, 3.8) is 0 Å². The average molecular weight is 418 g/mol. The molecule has 0 atom stereocenters. The molecule has 0 saturated heterocycles.